The Morgan fingerprint density at radius 2 is 1.94 bits per heavy atom. The van der Waals surface area contributed by atoms with E-state index in [1.165, 1.54) is 0 Å². The van der Waals surface area contributed by atoms with Crippen LogP contribution in [0.4, 0.5) is 11.5 Å². The van der Waals surface area contributed by atoms with Crippen molar-refractivity contribution in [2.45, 2.75) is 26.7 Å². The maximum absolute atomic E-state index is 12.1. The molecule has 0 saturated carbocycles. The summed E-state index contributed by atoms with van der Waals surface area (Å²) in [7, 11) is 1.63. The molecular weight excluding hydrogens is 404 g/mol. The quantitative estimate of drug-likeness (QED) is 0.421. The van der Waals surface area contributed by atoms with Crippen molar-refractivity contribution in [2.24, 2.45) is 0 Å². The smallest absolute Gasteiger partial charge is 0.306 e. The molecule has 2 heterocycles. The number of aromatic nitrogens is 2. The predicted octanol–water partition coefficient (Wildman–Crippen LogP) is 4.92. The Hall–Kier alpha value is -4.05. The van der Waals surface area contributed by atoms with E-state index < -0.39 is 0 Å². The van der Waals surface area contributed by atoms with Crippen molar-refractivity contribution in [2.75, 3.05) is 19.0 Å². The highest BCUT2D eigenvalue weighted by Crippen LogP contribution is 2.33. The van der Waals surface area contributed by atoms with Crippen molar-refractivity contribution in [3.63, 3.8) is 0 Å². The van der Waals surface area contributed by atoms with Gasteiger partial charge in [-0.1, -0.05) is 12.1 Å². The molecule has 4 aromatic rings. The van der Waals surface area contributed by atoms with Crippen LogP contribution in [0.2, 0.25) is 0 Å². The largest absolute Gasteiger partial charge is 0.497 e. The number of imidazole rings is 1. The number of fused-ring (bicyclic) bond motifs is 3. The van der Waals surface area contributed by atoms with Gasteiger partial charge in [0.25, 0.3) is 0 Å². The molecule has 0 unspecified atom stereocenters. The van der Waals surface area contributed by atoms with Crippen molar-refractivity contribution in [1.29, 1.82) is 5.26 Å². The third-order valence-corrected chi connectivity index (χ3v) is 5.47. The molecule has 4 rings (SSSR count). The molecule has 0 aliphatic rings. The Morgan fingerprint density at radius 1 is 1.19 bits per heavy atom. The van der Waals surface area contributed by atoms with Crippen molar-refractivity contribution in [3.8, 4) is 11.8 Å². The first-order valence-electron chi connectivity index (χ1n) is 10.5. The van der Waals surface area contributed by atoms with E-state index in [-0.39, 0.29) is 12.4 Å². The fourth-order valence-electron chi connectivity index (χ4n) is 3.89. The number of anilines is 2. The van der Waals surface area contributed by atoms with Gasteiger partial charge in [-0.2, -0.15) is 5.26 Å². The Bertz CT molecular complexity index is 1330. The van der Waals surface area contributed by atoms with Gasteiger partial charge in [0.05, 0.1) is 30.3 Å². The summed E-state index contributed by atoms with van der Waals surface area (Å²) < 4.78 is 12.4. The second-order valence-corrected chi connectivity index (χ2v) is 7.36. The lowest BCUT2D eigenvalue weighted by molar-refractivity contribution is -0.143. The Labute approximate surface area is 186 Å². The third kappa shape index (κ3) is 3.83. The molecule has 0 atom stereocenters. The topological polar surface area (TPSA) is 88.7 Å². The molecule has 0 radical (unpaired) electrons. The van der Waals surface area contributed by atoms with Crippen LogP contribution >= 0.6 is 0 Å². The summed E-state index contributed by atoms with van der Waals surface area (Å²) in [6.45, 7) is 4.03. The van der Waals surface area contributed by atoms with Gasteiger partial charge in [-0.25, -0.2) is 4.98 Å². The average molecular weight is 428 g/mol. The predicted molar refractivity (Wildman–Crippen MR) is 123 cm³/mol. The van der Waals surface area contributed by atoms with Gasteiger partial charge >= 0.3 is 5.97 Å². The number of nitrogens with one attached hydrogen (secondary N) is 1. The number of pyridine rings is 1. The monoisotopic (exact) mass is 428 g/mol. The molecule has 0 aliphatic carbocycles. The highest BCUT2D eigenvalue weighted by atomic mass is 16.5. The molecule has 162 valence electrons. The van der Waals surface area contributed by atoms with Crippen molar-refractivity contribution < 1.29 is 14.3 Å². The van der Waals surface area contributed by atoms with Gasteiger partial charge in [0.2, 0.25) is 0 Å². The number of ether oxygens (including phenoxy) is 2. The average Bonchev–Trinajstić information content (AvgIpc) is 3.18. The van der Waals surface area contributed by atoms with Crippen LogP contribution < -0.4 is 10.1 Å². The van der Waals surface area contributed by atoms with Crippen LogP contribution in [-0.2, 0) is 16.0 Å². The number of nitriles is 1. The summed E-state index contributed by atoms with van der Waals surface area (Å²) in [5, 5.41) is 13.4. The standard InChI is InChI=1S/C25H24N4O3/c1-4-32-23(30)14-13-19-16(2)20(15-26)25-28-21-7-5-6-8-22(21)29(25)24(19)27-17-9-11-18(31-3)12-10-17/h5-12,27H,4,13-14H2,1-3H3. The lowest BCUT2D eigenvalue weighted by Crippen LogP contribution is -2.11. The van der Waals surface area contributed by atoms with Crippen molar-refractivity contribution in [1.82, 2.24) is 9.38 Å². The number of benzene rings is 2. The number of hydrogen-bond donors (Lipinski definition) is 1. The SMILES string of the molecule is CCOC(=O)CCc1c(C)c(C#N)c2nc3ccccc3n2c1Nc1ccc(OC)cc1. The van der Waals surface area contributed by atoms with Crippen LogP contribution in [0.15, 0.2) is 48.5 Å². The molecule has 7 nitrogen and oxygen atoms in total. The van der Waals surface area contributed by atoms with Gasteiger partial charge < -0.3 is 14.8 Å². The van der Waals surface area contributed by atoms with E-state index in [1.54, 1.807) is 14.0 Å². The van der Waals surface area contributed by atoms with E-state index in [4.69, 9.17) is 14.5 Å². The maximum Gasteiger partial charge on any atom is 0.306 e. The number of carbonyl (C=O) groups excluding carboxylic acids is 1. The van der Waals surface area contributed by atoms with Gasteiger partial charge in [-0.3, -0.25) is 9.20 Å². The van der Waals surface area contributed by atoms with Crippen LogP contribution in [0.5, 0.6) is 5.75 Å². The molecule has 0 aliphatic heterocycles. The minimum atomic E-state index is -0.267. The third-order valence-electron chi connectivity index (χ3n) is 5.47. The molecule has 0 spiro atoms. The fraction of sp³-hybridized carbons (Fsp3) is 0.240. The van der Waals surface area contributed by atoms with E-state index in [2.05, 4.69) is 11.4 Å². The first-order valence-corrected chi connectivity index (χ1v) is 10.5. The fourth-order valence-corrected chi connectivity index (χ4v) is 3.89. The zero-order chi connectivity index (χ0) is 22.7. The minimum absolute atomic E-state index is 0.217. The van der Waals surface area contributed by atoms with Crippen LogP contribution in [0.1, 0.15) is 30.0 Å². The zero-order valence-electron chi connectivity index (χ0n) is 18.3. The van der Waals surface area contributed by atoms with Gasteiger partial charge in [0, 0.05) is 12.1 Å². The maximum atomic E-state index is 12.1. The summed E-state index contributed by atoms with van der Waals surface area (Å²) in [5.74, 6) is 1.27. The molecule has 7 heteroatoms. The second-order valence-electron chi connectivity index (χ2n) is 7.36. The van der Waals surface area contributed by atoms with Crippen molar-refractivity contribution in [3.05, 3.63) is 65.2 Å². The number of hydrogen-bond acceptors (Lipinski definition) is 6. The van der Waals surface area contributed by atoms with E-state index in [1.807, 2.05) is 59.9 Å². The first-order chi connectivity index (χ1) is 15.6. The van der Waals surface area contributed by atoms with Gasteiger partial charge in [0.15, 0.2) is 5.65 Å². The molecule has 2 aromatic carbocycles. The van der Waals surface area contributed by atoms with Crippen molar-refractivity contribution >= 4 is 34.2 Å². The van der Waals surface area contributed by atoms with Gasteiger partial charge in [-0.05, 0) is 67.8 Å². The molecule has 0 fully saturated rings. The summed E-state index contributed by atoms with van der Waals surface area (Å²) in [6.07, 6.45) is 0.648. The Balaban J connectivity index is 1.94. The van der Waals surface area contributed by atoms with Crippen LogP contribution in [0, 0.1) is 18.3 Å². The van der Waals surface area contributed by atoms with E-state index in [0.29, 0.717) is 24.2 Å². The summed E-state index contributed by atoms with van der Waals surface area (Å²) in [6, 6.07) is 17.7. The second kappa shape index (κ2) is 8.98. The molecule has 0 amide bonds. The molecule has 1 N–H and O–H groups in total. The number of para-hydroxylation sites is 2. The highest BCUT2D eigenvalue weighted by Gasteiger charge is 2.21. The number of nitrogens with zero attached hydrogens (tertiary/aromatic N) is 3. The van der Waals surface area contributed by atoms with E-state index in [9.17, 15) is 10.1 Å². The molecule has 0 bridgehead atoms. The van der Waals surface area contributed by atoms with Crippen LogP contribution in [0.25, 0.3) is 16.7 Å². The summed E-state index contributed by atoms with van der Waals surface area (Å²) in [4.78, 5) is 16.8. The number of methoxy groups -OCH3 is 1. The molecular formula is C25H24N4O3. The number of esters is 1. The first kappa shape index (κ1) is 21.2. The zero-order valence-corrected chi connectivity index (χ0v) is 18.3. The number of rotatable bonds is 7. The van der Waals surface area contributed by atoms with Gasteiger partial charge in [-0.15, -0.1) is 0 Å². The molecule has 0 saturated heterocycles. The normalized spacial score (nSPS) is 10.8. The molecule has 2 aromatic heterocycles. The summed E-state index contributed by atoms with van der Waals surface area (Å²) >= 11 is 0. The number of carbonyl (C=O) groups is 1. The lowest BCUT2D eigenvalue weighted by atomic mass is 10.00. The Kier molecular flexibility index (Phi) is 5.95. The minimum Gasteiger partial charge on any atom is -0.497 e. The van der Waals surface area contributed by atoms with E-state index >= 15 is 0 Å². The highest BCUT2D eigenvalue weighted by molar-refractivity contribution is 5.87. The van der Waals surface area contributed by atoms with Crippen LogP contribution in [-0.4, -0.2) is 29.1 Å². The van der Waals surface area contributed by atoms with Gasteiger partial charge in [0.1, 0.15) is 17.6 Å². The lowest BCUT2D eigenvalue weighted by Gasteiger charge is -2.19. The Morgan fingerprint density at radius 3 is 2.62 bits per heavy atom. The van der Waals surface area contributed by atoms with E-state index in [0.717, 1.165) is 39.4 Å². The summed E-state index contributed by atoms with van der Waals surface area (Å²) in [5.41, 5.74) is 5.29. The van der Waals surface area contributed by atoms with Crippen LogP contribution in [0.3, 0.4) is 0 Å². The molecule has 32 heavy (non-hydrogen) atoms.